The van der Waals surface area contributed by atoms with Crippen LogP contribution in [0.2, 0.25) is 0 Å². The molecule has 3 nitrogen and oxygen atoms in total. The van der Waals surface area contributed by atoms with Crippen molar-refractivity contribution >= 4 is 5.65 Å². The zero-order valence-electron chi connectivity index (χ0n) is 15.0. The molecular formula is C21H26N2O. The molecule has 0 fully saturated rings. The van der Waals surface area contributed by atoms with Crippen LogP contribution in [0.15, 0.2) is 42.6 Å². The van der Waals surface area contributed by atoms with Gasteiger partial charge in [0.25, 0.3) is 0 Å². The number of aliphatic hydroxyl groups is 1. The molecule has 3 heteroatoms. The van der Waals surface area contributed by atoms with Gasteiger partial charge in [-0.25, -0.2) is 4.98 Å². The Morgan fingerprint density at radius 1 is 1.12 bits per heavy atom. The number of rotatable bonds is 5. The van der Waals surface area contributed by atoms with Crippen molar-refractivity contribution in [1.82, 2.24) is 9.38 Å². The molecule has 0 saturated heterocycles. The predicted octanol–water partition coefficient (Wildman–Crippen LogP) is 4.80. The van der Waals surface area contributed by atoms with Crippen molar-refractivity contribution in [2.45, 2.75) is 52.6 Å². The Hall–Kier alpha value is -2.13. The van der Waals surface area contributed by atoms with Crippen LogP contribution >= 0.6 is 0 Å². The van der Waals surface area contributed by atoms with Gasteiger partial charge in [-0.15, -0.1) is 0 Å². The summed E-state index contributed by atoms with van der Waals surface area (Å²) >= 11 is 0. The summed E-state index contributed by atoms with van der Waals surface area (Å²) in [6.45, 7) is 8.47. The standard InChI is InChI=1S/C21H26N2O/c1-5-19(24)20-18(22-21-15(4)7-6-12-23(20)21)13-16-8-10-17(11-9-16)14(2)3/h6-12,14,19,24H,5,13H2,1-4H3. The van der Waals surface area contributed by atoms with Gasteiger partial charge in [0.2, 0.25) is 0 Å². The van der Waals surface area contributed by atoms with Crippen molar-refractivity contribution in [2.24, 2.45) is 0 Å². The Morgan fingerprint density at radius 3 is 2.46 bits per heavy atom. The van der Waals surface area contributed by atoms with Crippen molar-refractivity contribution in [3.05, 3.63) is 70.7 Å². The van der Waals surface area contributed by atoms with Gasteiger partial charge in [-0.1, -0.05) is 51.1 Å². The van der Waals surface area contributed by atoms with E-state index in [2.05, 4.69) is 51.1 Å². The summed E-state index contributed by atoms with van der Waals surface area (Å²) in [4.78, 5) is 4.84. The molecule has 1 unspecified atom stereocenters. The SMILES string of the molecule is CCC(O)c1c(Cc2ccc(C(C)C)cc2)nc2c(C)cccn12. The molecule has 0 radical (unpaired) electrons. The van der Waals surface area contributed by atoms with Gasteiger partial charge in [-0.05, 0) is 42.0 Å². The van der Waals surface area contributed by atoms with E-state index in [-0.39, 0.29) is 0 Å². The van der Waals surface area contributed by atoms with E-state index in [1.807, 2.05) is 23.6 Å². The minimum absolute atomic E-state index is 0.494. The van der Waals surface area contributed by atoms with Crippen LogP contribution in [0.3, 0.4) is 0 Å². The number of imidazole rings is 1. The van der Waals surface area contributed by atoms with Crippen molar-refractivity contribution < 1.29 is 5.11 Å². The first-order chi connectivity index (χ1) is 11.5. The average molecular weight is 322 g/mol. The second-order valence-electron chi connectivity index (χ2n) is 6.83. The monoisotopic (exact) mass is 322 g/mol. The summed E-state index contributed by atoms with van der Waals surface area (Å²) in [5, 5.41) is 10.5. The van der Waals surface area contributed by atoms with E-state index in [0.29, 0.717) is 12.3 Å². The molecule has 0 saturated carbocycles. The van der Waals surface area contributed by atoms with Crippen molar-refractivity contribution in [1.29, 1.82) is 0 Å². The van der Waals surface area contributed by atoms with Gasteiger partial charge in [0, 0.05) is 12.6 Å². The summed E-state index contributed by atoms with van der Waals surface area (Å²) in [7, 11) is 0. The minimum atomic E-state index is -0.494. The number of pyridine rings is 1. The molecule has 1 aromatic carbocycles. The zero-order chi connectivity index (χ0) is 17.3. The molecule has 0 aliphatic rings. The minimum Gasteiger partial charge on any atom is -0.387 e. The van der Waals surface area contributed by atoms with Gasteiger partial charge >= 0.3 is 0 Å². The number of aryl methyl sites for hydroxylation is 1. The Bertz CT molecular complexity index is 831. The van der Waals surface area contributed by atoms with Gasteiger partial charge in [0.15, 0.2) is 0 Å². The average Bonchev–Trinajstić information content (AvgIpc) is 2.94. The van der Waals surface area contributed by atoms with Crippen LogP contribution in [-0.4, -0.2) is 14.5 Å². The van der Waals surface area contributed by atoms with E-state index in [1.165, 1.54) is 11.1 Å². The van der Waals surface area contributed by atoms with E-state index in [9.17, 15) is 5.11 Å². The number of hydrogen-bond acceptors (Lipinski definition) is 2. The maximum atomic E-state index is 10.5. The molecule has 2 aromatic heterocycles. The first-order valence-corrected chi connectivity index (χ1v) is 8.74. The number of nitrogens with zero attached hydrogens (tertiary/aromatic N) is 2. The van der Waals surface area contributed by atoms with Crippen LogP contribution < -0.4 is 0 Å². The molecule has 0 aliphatic heterocycles. The molecule has 3 aromatic rings. The molecule has 2 heterocycles. The number of benzene rings is 1. The third-order valence-corrected chi connectivity index (χ3v) is 4.68. The topological polar surface area (TPSA) is 37.5 Å². The summed E-state index contributed by atoms with van der Waals surface area (Å²) in [5.74, 6) is 0.536. The van der Waals surface area contributed by atoms with Crippen LogP contribution in [-0.2, 0) is 6.42 Å². The molecule has 0 spiro atoms. The first kappa shape index (κ1) is 16.7. The van der Waals surface area contributed by atoms with Gasteiger partial charge in [-0.2, -0.15) is 0 Å². The molecule has 3 rings (SSSR count). The van der Waals surface area contributed by atoms with E-state index < -0.39 is 6.10 Å². The highest BCUT2D eigenvalue weighted by Crippen LogP contribution is 2.26. The zero-order valence-corrected chi connectivity index (χ0v) is 15.0. The van der Waals surface area contributed by atoms with Crippen molar-refractivity contribution in [2.75, 3.05) is 0 Å². The van der Waals surface area contributed by atoms with E-state index in [0.717, 1.165) is 29.0 Å². The Kier molecular flexibility index (Phi) is 4.72. The lowest BCUT2D eigenvalue weighted by Gasteiger charge is -2.11. The third kappa shape index (κ3) is 3.09. The second kappa shape index (κ2) is 6.78. The van der Waals surface area contributed by atoms with Crippen LogP contribution in [0.5, 0.6) is 0 Å². The van der Waals surface area contributed by atoms with Crippen LogP contribution in [0.25, 0.3) is 5.65 Å². The predicted molar refractivity (Wildman–Crippen MR) is 98.5 cm³/mol. The fraction of sp³-hybridized carbons (Fsp3) is 0.381. The van der Waals surface area contributed by atoms with E-state index in [4.69, 9.17) is 4.98 Å². The molecule has 0 aliphatic carbocycles. The van der Waals surface area contributed by atoms with Gasteiger partial charge < -0.3 is 9.51 Å². The molecule has 1 N–H and O–H groups in total. The molecule has 0 bridgehead atoms. The highest BCUT2D eigenvalue weighted by molar-refractivity contribution is 5.51. The van der Waals surface area contributed by atoms with Crippen molar-refractivity contribution in [3.8, 4) is 0 Å². The number of aliphatic hydroxyl groups excluding tert-OH is 1. The van der Waals surface area contributed by atoms with Crippen LogP contribution in [0.4, 0.5) is 0 Å². The van der Waals surface area contributed by atoms with Crippen LogP contribution in [0.1, 0.15) is 67.3 Å². The lowest BCUT2D eigenvalue weighted by atomic mass is 9.99. The lowest BCUT2D eigenvalue weighted by molar-refractivity contribution is 0.167. The highest BCUT2D eigenvalue weighted by atomic mass is 16.3. The highest BCUT2D eigenvalue weighted by Gasteiger charge is 2.19. The first-order valence-electron chi connectivity index (χ1n) is 8.74. The summed E-state index contributed by atoms with van der Waals surface area (Å²) in [6, 6.07) is 12.8. The summed E-state index contributed by atoms with van der Waals surface area (Å²) in [6.07, 6.45) is 2.92. The third-order valence-electron chi connectivity index (χ3n) is 4.68. The van der Waals surface area contributed by atoms with E-state index in [1.54, 1.807) is 0 Å². The number of fused-ring (bicyclic) bond motifs is 1. The van der Waals surface area contributed by atoms with Crippen LogP contribution in [0, 0.1) is 6.92 Å². The quantitative estimate of drug-likeness (QED) is 0.732. The molecular weight excluding hydrogens is 296 g/mol. The van der Waals surface area contributed by atoms with Gasteiger partial charge in [-0.3, -0.25) is 0 Å². The Labute approximate surface area is 144 Å². The van der Waals surface area contributed by atoms with E-state index >= 15 is 0 Å². The number of hydrogen-bond donors (Lipinski definition) is 1. The maximum Gasteiger partial charge on any atom is 0.140 e. The smallest absolute Gasteiger partial charge is 0.140 e. The molecule has 1 atom stereocenters. The summed E-state index contributed by atoms with van der Waals surface area (Å²) in [5.41, 5.74) is 6.53. The fourth-order valence-corrected chi connectivity index (χ4v) is 3.16. The van der Waals surface area contributed by atoms with Crippen molar-refractivity contribution in [3.63, 3.8) is 0 Å². The molecule has 24 heavy (non-hydrogen) atoms. The maximum absolute atomic E-state index is 10.5. The van der Waals surface area contributed by atoms with Gasteiger partial charge in [0.1, 0.15) is 5.65 Å². The number of aromatic nitrogens is 2. The normalized spacial score (nSPS) is 12.9. The fourth-order valence-electron chi connectivity index (χ4n) is 3.16. The lowest BCUT2D eigenvalue weighted by Crippen LogP contribution is -2.04. The Morgan fingerprint density at radius 2 is 1.83 bits per heavy atom. The summed E-state index contributed by atoms with van der Waals surface area (Å²) < 4.78 is 2.04. The van der Waals surface area contributed by atoms with Gasteiger partial charge in [0.05, 0.1) is 17.5 Å². The largest absolute Gasteiger partial charge is 0.387 e. The Balaban J connectivity index is 2.03. The molecule has 0 amide bonds. The second-order valence-corrected chi connectivity index (χ2v) is 6.83. The molecule has 126 valence electrons.